The molecule has 0 unspecified atom stereocenters. The molecule has 6 nitrogen and oxygen atoms in total. The molecular weight excluding hydrogens is 290 g/mol. The Morgan fingerprint density at radius 2 is 2.00 bits per heavy atom. The lowest BCUT2D eigenvalue weighted by Crippen LogP contribution is -2.44. The van der Waals surface area contributed by atoms with Gasteiger partial charge in [0.15, 0.2) is 0 Å². The minimum absolute atomic E-state index is 0. The van der Waals surface area contributed by atoms with Crippen molar-refractivity contribution in [3.63, 3.8) is 0 Å². The van der Waals surface area contributed by atoms with Crippen LogP contribution in [0.4, 0.5) is 5.82 Å². The van der Waals surface area contributed by atoms with Crippen molar-refractivity contribution in [2.24, 2.45) is 5.84 Å². The normalized spacial score (nSPS) is 14.6. The Balaban J connectivity index is 0.00000161. The van der Waals surface area contributed by atoms with E-state index in [0.29, 0.717) is 5.56 Å². The molecule has 0 spiro atoms. The summed E-state index contributed by atoms with van der Waals surface area (Å²) < 4.78 is 0. The molecule has 1 aliphatic heterocycles. The number of benzene rings is 1. The molecule has 21 heavy (non-hydrogen) atoms. The number of rotatable bonds is 2. The van der Waals surface area contributed by atoms with Gasteiger partial charge in [-0.1, -0.05) is 18.2 Å². The predicted octanol–water partition coefficient (Wildman–Crippen LogP) is 0.670. The quantitative estimate of drug-likeness (QED) is 0.431. The fourth-order valence-corrected chi connectivity index (χ4v) is 2.48. The molecular formula is C14H18ClN5O. The maximum Gasteiger partial charge on any atom is 0.265 e. The summed E-state index contributed by atoms with van der Waals surface area (Å²) in [5, 5.41) is 4.12. The number of nitrogens with one attached hydrogen (secondary N) is 2. The van der Waals surface area contributed by atoms with E-state index in [1.165, 1.54) is 0 Å². The number of carbonyl (C=O) groups excluding carboxylic acids is 1. The van der Waals surface area contributed by atoms with Crippen LogP contribution in [-0.4, -0.2) is 37.1 Å². The van der Waals surface area contributed by atoms with Crippen molar-refractivity contribution in [3.8, 4) is 0 Å². The third-order valence-corrected chi connectivity index (χ3v) is 3.52. The molecule has 1 aromatic heterocycles. The molecule has 1 amide bonds. The molecule has 1 fully saturated rings. The molecule has 0 saturated carbocycles. The summed E-state index contributed by atoms with van der Waals surface area (Å²) in [5.41, 5.74) is 3.58. The number of nitrogen functional groups attached to an aromatic ring is 1. The molecule has 0 radical (unpaired) electrons. The van der Waals surface area contributed by atoms with Gasteiger partial charge in [-0.25, -0.2) is 10.8 Å². The molecule has 2 heterocycles. The second kappa shape index (κ2) is 6.71. The van der Waals surface area contributed by atoms with E-state index in [0.717, 1.165) is 42.9 Å². The number of piperazine rings is 1. The van der Waals surface area contributed by atoms with Gasteiger partial charge in [0.05, 0.1) is 11.1 Å². The monoisotopic (exact) mass is 307 g/mol. The highest BCUT2D eigenvalue weighted by Gasteiger charge is 2.17. The van der Waals surface area contributed by atoms with E-state index in [9.17, 15) is 4.79 Å². The van der Waals surface area contributed by atoms with Gasteiger partial charge in [-0.15, -0.1) is 12.4 Å². The van der Waals surface area contributed by atoms with Crippen molar-refractivity contribution in [3.05, 3.63) is 35.9 Å². The lowest BCUT2D eigenvalue weighted by Gasteiger charge is -2.29. The van der Waals surface area contributed by atoms with Gasteiger partial charge in [-0.2, -0.15) is 0 Å². The summed E-state index contributed by atoms with van der Waals surface area (Å²) in [4.78, 5) is 18.8. The van der Waals surface area contributed by atoms with E-state index in [2.05, 4.69) is 20.6 Å². The number of para-hydroxylation sites is 1. The minimum Gasteiger partial charge on any atom is -0.354 e. The fraction of sp³-hybridized carbons (Fsp3) is 0.286. The van der Waals surface area contributed by atoms with Crippen molar-refractivity contribution in [1.29, 1.82) is 0 Å². The number of pyridine rings is 1. The van der Waals surface area contributed by atoms with Crippen LogP contribution in [-0.2, 0) is 0 Å². The predicted molar refractivity (Wildman–Crippen MR) is 85.7 cm³/mol. The van der Waals surface area contributed by atoms with E-state index in [1.54, 1.807) is 0 Å². The van der Waals surface area contributed by atoms with E-state index >= 15 is 0 Å². The molecule has 1 aliphatic rings. The van der Waals surface area contributed by atoms with Gasteiger partial charge in [0.25, 0.3) is 5.91 Å². The molecule has 1 saturated heterocycles. The third kappa shape index (κ3) is 3.07. The molecule has 2 aromatic rings. The van der Waals surface area contributed by atoms with Crippen LogP contribution in [0.15, 0.2) is 30.3 Å². The minimum atomic E-state index is -0.292. The van der Waals surface area contributed by atoms with E-state index < -0.39 is 0 Å². The largest absolute Gasteiger partial charge is 0.354 e. The van der Waals surface area contributed by atoms with Crippen molar-refractivity contribution in [1.82, 2.24) is 15.7 Å². The van der Waals surface area contributed by atoms with Gasteiger partial charge in [-0.3, -0.25) is 10.2 Å². The van der Waals surface area contributed by atoms with Gasteiger partial charge in [0.2, 0.25) is 0 Å². The molecule has 1 aromatic carbocycles. The van der Waals surface area contributed by atoms with Crippen LogP contribution in [0.1, 0.15) is 10.4 Å². The number of anilines is 1. The highest BCUT2D eigenvalue weighted by molar-refractivity contribution is 6.06. The number of hydrogen-bond donors (Lipinski definition) is 3. The Kier molecular flexibility index (Phi) is 4.95. The van der Waals surface area contributed by atoms with Gasteiger partial charge in [-0.05, 0) is 12.1 Å². The first kappa shape index (κ1) is 15.5. The highest BCUT2D eigenvalue weighted by atomic mass is 35.5. The molecule has 3 rings (SSSR count). The summed E-state index contributed by atoms with van der Waals surface area (Å²) in [7, 11) is 0. The maximum atomic E-state index is 12.0. The van der Waals surface area contributed by atoms with Crippen LogP contribution in [0.3, 0.4) is 0 Å². The zero-order valence-electron chi connectivity index (χ0n) is 11.5. The number of carbonyl (C=O) groups is 1. The van der Waals surface area contributed by atoms with Crippen LogP contribution in [0, 0.1) is 0 Å². The second-order valence-corrected chi connectivity index (χ2v) is 4.76. The summed E-state index contributed by atoms with van der Waals surface area (Å²) in [6, 6.07) is 9.42. The number of halogens is 1. The average molecular weight is 308 g/mol. The summed E-state index contributed by atoms with van der Waals surface area (Å²) in [6.45, 7) is 3.61. The Labute approximate surface area is 129 Å². The molecule has 0 atom stereocenters. The van der Waals surface area contributed by atoms with Crippen molar-refractivity contribution < 1.29 is 4.79 Å². The first-order valence-electron chi connectivity index (χ1n) is 6.66. The fourth-order valence-electron chi connectivity index (χ4n) is 2.48. The van der Waals surface area contributed by atoms with E-state index in [4.69, 9.17) is 5.84 Å². The van der Waals surface area contributed by atoms with Gasteiger partial charge >= 0.3 is 0 Å². The number of amides is 1. The molecule has 112 valence electrons. The van der Waals surface area contributed by atoms with Crippen molar-refractivity contribution >= 4 is 35.0 Å². The van der Waals surface area contributed by atoms with Crippen LogP contribution >= 0.6 is 12.4 Å². The SMILES string of the molecule is Cl.NNC(=O)c1cc(N2CCNCC2)nc2ccccc12. The van der Waals surface area contributed by atoms with Crippen LogP contribution in [0.2, 0.25) is 0 Å². The van der Waals surface area contributed by atoms with Crippen LogP contribution < -0.4 is 21.5 Å². The molecule has 0 aliphatic carbocycles. The van der Waals surface area contributed by atoms with Gasteiger partial charge < -0.3 is 10.2 Å². The second-order valence-electron chi connectivity index (χ2n) is 4.76. The lowest BCUT2D eigenvalue weighted by atomic mass is 10.1. The van der Waals surface area contributed by atoms with Crippen LogP contribution in [0.25, 0.3) is 10.9 Å². The Hall–Kier alpha value is -1.89. The summed E-state index contributed by atoms with van der Waals surface area (Å²) in [5.74, 6) is 5.81. The van der Waals surface area contributed by atoms with Gasteiger partial charge in [0, 0.05) is 31.6 Å². The Bertz CT molecular complexity index is 642. The number of nitrogens with zero attached hydrogens (tertiary/aromatic N) is 2. The first-order chi connectivity index (χ1) is 9.79. The van der Waals surface area contributed by atoms with Crippen molar-refractivity contribution in [2.45, 2.75) is 0 Å². The topological polar surface area (TPSA) is 83.3 Å². The number of aromatic nitrogens is 1. The zero-order chi connectivity index (χ0) is 13.9. The zero-order valence-corrected chi connectivity index (χ0v) is 12.3. The standard InChI is InChI=1S/C14H17N5O.ClH/c15-18-14(20)11-9-13(19-7-5-16-6-8-19)17-12-4-2-1-3-10(11)12;/h1-4,9,16H,5-8,15H2,(H,18,20);1H. The third-order valence-electron chi connectivity index (χ3n) is 3.52. The molecule has 7 heteroatoms. The Morgan fingerprint density at radius 3 is 2.71 bits per heavy atom. The number of hydrazine groups is 1. The maximum absolute atomic E-state index is 12.0. The molecule has 4 N–H and O–H groups in total. The van der Waals surface area contributed by atoms with Crippen molar-refractivity contribution in [2.75, 3.05) is 31.1 Å². The van der Waals surface area contributed by atoms with E-state index in [1.807, 2.05) is 30.3 Å². The summed E-state index contributed by atoms with van der Waals surface area (Å²) in [6.07, 6.45) is 0. The highest BCUT2D eigenvalue weighted by Crippen LogP contribution is 2.23. The number of nitrogens with two attached hydrogens (primary N) is 1. The summed E-state index contributed by atoms with van der Waals surface area (Å²) >= 11 is 0. The smallest absolute Gasteiger partial charge is 0.265 e. The van der Waals surface area contributed by atoms with Crippen LogP contribution in [0.5, 0.6) is 0 Å². The molecule has 0 bridgehead atoms. The van der Waals surface area contributed by atoms with E-state index in [-0.39, 0.29) is 18.3 Å². The van der Waals surface area contributed by atoms with Gasteiger partial charge in [0.1, 0.15) is 5.82 Å². The number of hydrogen-bond acceptors (Lipinski definition) is 5. The number of fused-ring (bicyclic) bond motifs is 1. The average Bonchev–Trinajstić information content (AvgIpc) is 2.54. The lowest BCUT2D eigenvalue weighted by molar-refractivity contribution is 0.0955. The Morgan fingerprint density at radius 1 is 1.29 bits per heavy atom. The first-order valence-corrected chi connectivity index (χ1v) is 6.66.